The molecule has 118 valence electrons. The largest absolute Gasteiger partial charge is 0.423 e. The Hall–Kier alpha value is -1.70. The van der Waals surface area contributed by atoms with Crippen LogP contribution >= 0.6 is 0 Å². The molecule has 22 heavy (non-hydrogen) atoms. The first-order valence-electron chi connectivity index (χ1n) is 7.17. The Kier molecular flexibility index (Phi) is 3.80. The van der Waals surface area contributed by atoms with Gasteiger partial charge < -0.3 is 10.2 Å². The molecule has 3 rings (SSSR count). The van der Waals surface area contributed by atoms with E-state index in [0.717, 1.165) is 6.42 Å². The number of fused-ring (bicyclic) bond motifs is 1. The molecule has 1 aliphatic heterocycles. The third kappa shape index (κ3) is 2.67. The van der Waals surface area contributed by atoms with Gasteiger partial charge in [0, 0.05) is 30.6 Å². The maximum absolute atomic E-state index is 12.7. The third-order valence-electron chi connectivity index (χ3n) is 4.16. The zero-order valence-corrected chi connectivity index (χ0v) is 13.0. The standard InChI is InChI=1S/C15H18N2O4S/c1-10(16)12-6-7-17(9-12)22(19,20)13-3-4-14-11(8-13)2-5-15(18)21-14/h2-5,8,10,12H,6-7,9,16H2,1H3. The molecule has 2 atom stereocenters. The Morgan fingerprint density at radius 2 is 2.09 bits per heavy atom. The molecular formula is C15H18N2O4S. The van der Waals surface area contributed by atoms with Gasteiger partial charge in [-0.3, -0.25) is 0 Å². The van der Waals surface area contributed by atoms with Crippen LogP contribution in [-0.2, 0) is 10.0 Å². The molecule has 7 heteroatoms. The molecule has 0 bridgehead atoms. The van der Waals surface area contributed by atoms with Crippen LogP contribution in [0.5, 0.6) is 0 Å². The van der Waals surface area contributed by atoms with Gasteiger partial charge in [-0.1, -0.05) is 0 Å². The minimum Gasteiger partial charge on any atom is -0.423 e. The lowest BCUT2D eigenvalue weighted by Gasteiger charge is -2.18. The van der Waals surface area contributed by atoms with E-state index in [4.69, 9.17) is 10.2 Å². The highest BCUT2D eigenvalue weighted by atomic mass is 32.2. The molecule has 0 spiro atoms. The maximum Gasteiger partial charge on any atom is 0.336 e. The van der Waals surface area contributed by atoms with Crippen molar-refractivity contribution < 1.29 is 12.8 Å². The van der Waals surface area contributed by atoms with Crippen LogP contribution in [0.15, 0.2) is 44.4 Å². The van der Waals surface area contributed by atoms with E-state index in [2.05, 4.69) is 0 Å². The van der Waals surface area contributed by atoms with Crippen molar-refractivity contribution in [2.45, 2.75) is 24.3 Å². The summed E-state index contributed by atoms with van der Waals surface area (Å²) in [4.78, 5) is 11.4. The smallest absolute Gasteiger partial charge is 0.336 e. The molecule has 1 aromatic carbocycles. The van der Waals surface area contributed by atoms with Gasteiger partial charge in [0.2, 0.25) is 10.0 Å². The van der Waals surface area contributed by atoms with Crippen LogP contribution in [-0.4, -0.2) is 31.9 Å². The summed E-state index contributed by atoms with van der Waals surface area (Å²) in [5, 5.41) is 0.587. The van der Waals surface area contributed by atoms with Gasteiger partial charge in [0.1, 0.15) is 5.58 Å². The molecule has 0 radical (unpaired) electrons. The van der Waals surface area contributed by atoms with Crippen molar-refractivity contribution >= 4 is 21.0 Å². The van der Waals surface area contributed by atoms with Gasteiger partial charge in [-0.15, -0.1) is 0 Å². The van der Waals surface area contributed by atoms with Crippen LogP contribution in [0.25, 0.3) is 11.0 Å². The molecule has 0 aliphatic carbocycles. The molecule has 2 N–H and O–H groups in total. The summed E-state index contributed by atoms with van der Waals surface area (Å²) in [7, 11) is -3.55. The minimum atomic E-state index is -3.55. The lowest BCUT2D eigenvalue weighted by Crippen LogP contribution is -2.33. The predicted octanol–water partition coefficient (Wildman–Crippen LogP) is 1.15. The van der Waals surface area contributed by atoms with Crippen LogP contribution < -0.4 is 11.4 Å². The summed E-state index contributed by atoms with van der Waals surface area (Å²) >= 11 is 0. The Morgan fingerprint density at radius 3 is 2.77 bits per heavy atom. The number of benzene rings is 1. The number of nitrogens with zero attached hydrogens (tertiary/aromatic N) is 1. The molecule has 6 nitrogen and oxygen atoms in total. The lowest BCUT2D eigenvalue weighted by atomic mass is 10.0. The van der Waals surface area contributed by atoms with Gasteiger partial charge in [-0.2, -0.15) is 4.31 Å². The highest BCUT2D eigenvalue weighted by molar-refractivity contribution is 7.89. The van der Waals surface area contributed by atoms with Crippen LogP contribution in [0.2, 0.25) is 0 Å². The number of nitrogens with two attached hydrogens (primary N) is 1. The molecule has 2 aromatic rings. The molecule has 2 unspecified atom stereocenters. The second-order valence-corrected chi connectivity index (χ2v) is 7.66. The Bertz CT molecular complexity index is 857. The molecule has 0 saturated carbocycles. The summed E-state index contributed by atoms with van der Waals surface area (Å²) < 4.78 is 31.9. The molecular weight excluding hydrogens is 304 g/mol. The van der Waals surface area contributed by atoms with Crippen molar-refractivity contribution in [1.82, 2.24) is 4.31 Å². The summed E-state index contributed by atoms with van der Waals surface area (Å²) in [5.41, 5.74) is 5.79. The quantitative estimate of drug-likeness (QED) is 0.856. The van der Waals surface area contributed by atoms with E-state index in [0.29, 0.717) is 24.1 Å². The first kappa shape index (κ1) is 15.2. The first-order valence-corrected chi connectivity index (χ1v) is 8.61. The van der Waals surface area contributed by atoms with E-state index >= 15 is 0 Å². The predicted molar refractivity (Wildman–Crippen MR) is 83.0 cm³/mol. The summed E-state index contributed by atoms with van der Waals surface area (Å²) in [5.74, 6) is 0.188. The first-order chi connectivity index (χ1) is 10.4. The number of hydrogen-bond donors (Lipinski definition) is 1. The normalized spacial score (nSPS) is 21.3. The van der Waals surface area contributed by atoms with Gasteiger partial charge in [0.25, 0.3) is 0 Å². The molecule has 1 aromatic heterocycles. The summed E-state index contributed by atoms with van der Waals surface area (Å²) in [6.07, 6.45) is 0.777. The third-order valence-corrected chi connectivity index (χ3v) is 6.02. The van der Waals surface area contributed by atoms with Gasteiger partial charge >= 0.3 is 5.63 Å². The Morgan fingerprint density at radius 1 is 1.32 bits per heavy atom. The van der Waals surface area contributed by atoms with E-state index in [1.807, 2.05) is 6.92 Å². The fourth-order valence-electron chi connectivity index (χ4n) is 2.76. The highest BCUT2D eigenvalue weighted by Gasteiger charge is 2.34. The Labute approximate surface area is 128 Å². The van der Waals surface area contributed by atoms with Crippen molar-refractivity contribution in [3.63, 3.8) is 0 Å². The van der Waals surface area contributed by atoms with E-state index in [9.17, 15) is 13.2 Å². The lowest BCUT2D eigenvalue weighted by molar-refractivity contribution is 0.429. The molecule has 1 saturated heterocycles. The molecule has 0 amide bonds. The second-order valence-electron chi connectivity index (χ2n) is 5.72. The van der Waals surface area contributed by atoms with Crippen molar-refractivity contribution in [3.8, 4) is 0 Å². The van der Waals surface area contributed by atoms with E-state index in [1.54, 1.807) is 6.07 Å². The summed E-state index contributed by atoms with van der Waals surface area (Å²) in [6, 6.07) is 7.34. The van der Waals surface area contributed by atoms with E-state index < -0.39 is 15.6 Å². The minimum absolute atomic E-state index is 0.0221. The highest BCUT2D eigenvalue weighted by Crippen LogP contribution is 2.27. The maximum atomic E-state index is 12.7. The molecule has 1 aliphatic rings. The fraction of sp³-hybridized carbons (Fsp3) is 0.400. The molecule has 1 fully saturated rings. The molecule has 2 heterocycles. The average molecular weight is 322 g/mol. The monoisotopic (exact) mass is 322 g/mol. The fourth-order valence-corrected chi connectivity index (χ4v) is 4.31. The van der Waals surface area contributed by atoms with Crippen LogP contribution in [0.3, 0.4) is 0 Å². The zero-order chi connectivity index (χ0) is 15.9. The van der Waals surface area contributed by atoms with Gasteiger partial charge in [-0.25, -0.2) is 13.2 Å². The van der Waals surface area contributed by atoms with Crippen molar-refractivity contribution in [3.05, 3.63) is 40.8 Å². The van der Waals surface area contributed by atoms with Crippen molar-refractivity contribution in [2.75, 3.05) is 13.1 Å². The van der Waals surface area contributed by atoms with Crippen LogP contribution in [0.4, 0.5) is 0 Å². The van der Waals surface area contributed by atoms with E-state index in [-0.39, 0.29) is 16.9 Å². The average Bonchev–Trinajstić information content (AvgIpc) is 2.97. The van der Waals surface area contributed by atoms with Crippen molar-refractivity contribution in [2.24, 2.45) is 11.7 Å². The second kappa shape index (κ2) is 5.49. The van der Waals surface area contributed by atoms with Crippen LogP contribution in [0.1, 0.15) is 13.3 Å². The Balaban J connectivity index is 1.96. The number of hydrogen-bond acceptors (Lipinski definition) is 5. The SMILES string of the molecule is CC(N)C1CCN(S(=O)(=O)c2ccc3oc(=O)ccc3c2)C1. The van der Waals surface area contributed by atoms with Gasteiger partial charge in [0.15, 0.2) is 0 Å². The zero-order valence-electron chi connectivity index (χ0n) is 12.2. The number of sulfonamides is 1. The number of rotatable bonds is 3. The van der Waals surface area contributed by atoms with E-state index in [1.165, 1.54) is 28.6 Å². The summed E-state index contributed by atoms with van der Waals surface area (Å²) in [6.45, 7) is 2.83. The van der Waals surface area contributed by atoms with Gasteiger partial charge in [0.05, 0.1) is 4.90 Å². The van der Waals surface area contributed by atoms with Crippen LogP contribution in [0, 0.1) is 5.92 Å². The topological polar surface area (TPSA) is 93.6 Å². The van der Waals surface area contributed by atoms with Gasteiger partial charge in [-0.05, 0) is 43.5 Å². The van der Waals surface area contributed by atoms with Crippen molar-refractivity contribution in [1.29, 1.82) is 0 Å².